The number of rotatable bonds is 5. The van der Waals surface area contributed by atoms with Crippen LogP contribution in [0.3, 0.4) is 0 Å². The van der Waals surface area contributed by atoms with Gasteiger partial charge in [0, 0.05) is 23.7 Å². The minimum Gasteiger partial charge on any atom is -0.393 e. The highest BCUT2D eigenvalue weighted by atomic mass is 16.3. The molecule has 0 spiro atoms. The van der Waals surface area contributed by atoms with Gasteiger partial charge >= 0.3 is 0 Å². The van der Waals surface area contributed by atoms with Crippen molar-refractivity contribution >= 4 is 5.78 Å². The van der Waals surface area contributed by atoms with Gasteiger partial charge in [-0.15, -0.1) is 0 Å². The van der Waals surface area contributed by atoms with Gasteiger partial charge in [-0.05, 0) is 80.5 Å². The summed E-state index contributed by atoms with van der Waals surface area (Å²) in [5.41, 5.74) is -0.921. The number of allylic oxidation sites excluding steroid dienone is 1. The van der Waals surface area contributed by atoms with Crippen LogP contribution in [0.25, 0.3) is 0 Å². The molecule has 0 amide bonds. The number of aliphatic hydroxyl groups is 4. The van der Waals surface area contributed by atoms with Crippen LogP contribution >= 0.6 is 0 Å². The lowest BCUT2D eigenvalue weighted by molar-refractivity contribution is -0.174. The second kappa shape index (κ2) is 8.38. The molecule has 5 nitrogen and oxygen atoms in total. The molecule has 35 heavy (non-hydrogen) atoms. The molecule has 0 aliphatic heterocycles. The summed E-state index contributed by atoms with van der Waals surface area (Å²) in [5, 5.41) is 42.4. The van der Waals surface area contributed by atoms with Crippen molar-refractivity contribution in [2.75, 3.05) is 0 Å². The fraction of sp³-hybridized carbons (Fsp3) is 0.900. The molecule has 3 fully saturated rings. The molecule has 0 aromatic rings. The smallest absolute Gasteiger partial charge is 0.140 e. The maximum absolute atomic E-state index is 14.2. The van der Waals surface area contributed by atoms with Crippen molar-refractivity contribution < 1.29 is 25.2 Å². The van der Waals surface area contributed by atoms with Crippen LogP contribution in [0.1, 0.15) is 100 Å². The third-order valence-electron chi connectivity index (χ3n) is 12.2. The summed E-state index contributed by atoms with van der Waals surface area (Å²) in [6.07, 6.45) is 5.43. The van der Waals surface area contributed by atoms with Gasteiger partial charge in [0.25, 0.3) is 0 Å². The van der Waals surface area contributed by atoms with E-state index in [1.807, 2.05) is 0 Å². The van der Waals surface area contributed by atoms with Crippen molar-refractivity contribution in [3.63, 3.8) is 0 Å². The molecule has 0 saturated heterocycles. The highest BCUT2D eigenvalue weighted by Crippen LogP contribution is 2.74. The zero-order valence-electron chi connectivity index (χ0n) is 23.3. The van der Waals surface area contributed by atoms with Crippen molar-refractivity contribution in [3.05, 3.63) is 11.6 Å². The summed E-state index contributed by atoms with van der Waals surface area (Å²) < 4.78 is 0. The first kappa shape index (κ1) is 27.3. The van der Waals surface area contributed by atoms with Crippen LogP contribution in [-0.2, 0) is 4.79 Å². The molecule has 0 aromatic carbocycles. The number of aliphatic hydroxyl groups excluding tert-OH is 3. The third kappa shape index (κ3) is 3.73. The average Bonchev–Trinajstić information content (AvgIpc) is 3.01. The number of carbonyl (C=O) groups is 1. The normalized spacial score (nSPS) is 45.6. The van der Waals surface area contributed by atoms with Gasteiger partial charge in [-0.2, -0.15) is 0 Å². The minimum absolute atomic E-state index is 0.0224. The summed E-state index contributed by atoms with van der Waals surface area (Å²) in [5.74, 6) is 0.902. The molecule has 4 aliphatic carbocycles. The SMILES string of the molecule is C[C@H](C(O)CC(O)C(C)(C)O)[C@H]1CC[C@@]2(C)[C@@H]3CC=C4[C@@H](CC[C@H](O)C4(C)C)[C@]3(C)C(=O)C[C@]12C. The summed E-state index contributed by atoms with van der Waals surface area (Å²) in [7, 11) is 0. The molecule has 0 radical (unpaired) electrons. The second-order valence-electron chi connectivity index (χ2n) is 14.5. The Bertz CT molecular complexity index is 886. The lowest BCUT2D eigenvalue weighted by Crippen LogP contribution is -2.63. The largest absolute Gasteiger partial charge is 0.393 e. The topological polar surface area (TPSA) is 98.0 Å². The minimum atomic E-state index is -1.26. The molecule has 4 rings (SSSR count). The van der Waals surface area contributed by atoms with E-state index in [-0.39, 0.29) is 52.4 Å². The zero-order valence-corrected chi connectivity index (χ0v) is 23.3. The maximum atomic E-state index is 14.2. The van der Waals surface area contributed by atoms with E-state index in [0.29, 0.717) is 12.2 Å². The maximum Gasteiger partial charge on any atom is 0.140 e. The van der Waals surface area contributed by atoms with E-state index in [4.69, 9.17) is 0 Å². The molecular formula is C30H50O5. The van der Waals surface area contributed by atoms with Gasteiger partial charge in [-0.25, -0.2) is 0 Å². The van der Waals surface area contributed by atoms with Crippen LogP contribution in [0.4, 0.5) is 0 Å². The van der Waals surface area contributed by atoms with Gasteiger partial charge in [0.2, 0.25) is 0 Å². The van der Waals surface area contributed by atoms with Crippen LogP contribution < -0.4 is 0 Å². The van der Waals surface area contributed by atoms with Crippen molar-refractivity contribution in [3.8, 4) is 0 Å². The molecule has 4 aliphatic rings. The number of hydrogen-bond acceptors (Lipinski definition) is 5. The highest BCUT2D eigenvalue weighted by molar-refractivity contribution is 5.88. The molecule has 10 atom stereocenters. The number of carbonyl (C=O) groups excluding carboxylic acids is 1. The highest BCUT2D eigenvalue weighted by Gasteiger charge is 2.70. The summed E-state index contributed by atoms with van der Waals surface area (Å²) in [6.45, 7) is 16.4. The lowest BCUT2D eigenvalue weighted by atomic mass is 9.38. The average molecular weight is 491 g/mol. The van der Waals surface area contributed by atoms with Crippen molar-refractivity contribution in [1.29, 1.82) is 0 Å². The van der Waals surface area contributed by atoms with E-state index in [9.17, 15) is 25.2 Å². The number of hydrogen-bond donors (Lipinski definition) is 4. The third-order valence-corrected chi connectivity index (χ3v) is 12.2. The predicted molar refractivity (Wildman–Crippen MR) is 137 cm³/mol. The monoisotopic (exact) mass is 490 g/mol. The summed E-state index contributed by atoms with van der Waals surface area (Å²) in [6, 6.07) is 0. The van der Waals surface area contributed by atoms with E-state index in [1.54, 1.807) is 13.8 Å². The first-order valence-corrected chi connectivity index (χ1v) is 13.9. The van der Waals surface area contributed by atoms with Crippen LogP contribution in [0, 0.1) is 45.3 Å². The van der Waals surface area contributed by atoms with Gasteiger partial charge in [0.1, 0.15) is 5.78 Å². The summed E-state index contributed by atoms with van der Waals surface area (Å²) >= 11 is 0. The standard InChI is InChI=1S/C30H50O5/c1-17(21(31)15-24(33)27(4,5)35)18-13-14-28(6)22-11-9-19-20(10-12-23(32)26(19,2)3)30(22,8)25(34)16-29(18,28)7/h9,17-18,20-24,31-33,35H,10-16H2,1-8H3/t17-,18+,20+,21?,22-,23-,24?,28-,29+,30-/m0/s1. The Balaban J connectivity index is 1.66. The van der Waals surface area contributed by atoms with Gasteiger partial charge in [0.05, 0.1) is 23.9 Å². The van der Waals surface area contributed by atoms with Crippen LogP contribution in [0.15, 0.2) is 11.6 Å². The van der Waals surface area contributed by atoms with Crippen LogP contribution in [0.2, 0.25) is 0 Å². The molecule has 0 heterocycles. The van der Waals surface area contributed by atoms with Crippen molar-refractivity contribution in [2.45, 2.75) is 124 Å². The quantitative estimate of drug-likeness (QED) is 0.421. The van der Waals surface area contributed by atoms with Gasteiger partial charge in [0.15, 0.2) is 0 Å². The number of fused-ring (bicyclic) bond motifs is 5. The fourth-order valence-electron chi connectivity index (χ4n) is 9.31. The Labute approximate surface area is 212 Å². The van der Waals surface area contributed by atoms with Gasteiger partial charge < -0.3 is 20.4 Å². The Morgan fingerprint density at radius 3 is 2.29 bits per heavy atom. The molecule has 2 unspecified atom stereocenters. The molecule has 0 aromatic heterocycles. The van der Waals surface area contributed by atoms with Crippen molar-refractivity contribution in [2.24, 2.45) is 45.3 Å². The summed E-state index contributed by atoms with van der Waals surface area (Å²) in [4.78, 5) is 14.2. The van der Waals surface area contributed by atoms with E-state index < -0.39 is 23.2 Å². The Morgan fingerprint density at radius 1 is 1.06 bits per heavy atom. The van der Waals surface area contributed by atoms with E-state index in [2.05, 4.69) is 47.6 Å². The number of Topliss-reactive ketones (excluding diaryl/α,β-unsaturated/α-hetero) is 1. The first-order chi connectivity index (χ1) is 15.9. The van der Waals surface area contributed by atoms with E-state index >= 15 is 0 Å². The van der Waals surface area contributed by atoms with Crippen LogP contribution in [0.5, 0.6) is 0 Å². The lowest BCUT2D eigenvalue weighted by Gasteiger charge is -2.64. The Kier molecular flexibility index (Phi) is 6.53. The zero-order chi connectivity index (χ0) is 26.4. The Morgan fingerprint density at radius 2 is 1.69 bits per heavy atom. The molecule has 0 bridgehead atoms. The molecule has 5 heteroatoms. The second-order valence-corrected chi connectivity index (χ2v) is 14.5. The Hall–Kier alpha value is -0.750. The number of ketones is 1. The van der Waals surface area contributed by atoms with Gasteiger partial charge in [-0.3, -0.25) is 4.79 Å². The molecular weight excluding hydrogens is 440 g/mol. The van der Waals surface area contributed by atoms with E-state index in [1.165, 1.54) is 5.57 Å². The predicted octanol–water partition coefficient (Wildman–Crippen LogP) is 4.65. The molecule has 4 N–H and O–H groups in total. The van der Waals surface area contributed by atoms with E-state index in [0.717, 1.165) is 32.1 Å². The first-order valence-electron chi connectivity index (χ1n) is 13.9. The fourth-order valence-corrected chi connectivity index (χ4v) is 9.31. The molecule has 3 saturated carbocycles. The van der Waals surface area contributed by atoms with Crippen molar-refractivity contribution in [1.82, 2.24) is 0 Å². The molecule has 200 valence electrons. The van der Waals surface area contributed by atoms with Crippen LogP contribution in [-0.4, -0.2) is 50.1 Å². The van der Waals surface area contributed by atoms with Gasteiger partial charge in [-0.1, -0.05) is 53.2 Å².